The zero-order valence-electron chi connectivity index (χ0n) is 15.9. The van der Waals surface area contributed by atoms with Crippen LogP contribution in [0.1, 0.15) is 39.9 Å². The summed E-state index contributed by atoms with van der Waals surface area (Å²) in [7, 11) is 0. The molecule has 2 amide bonds. The molecule has 2 atom stereocenters. The highest BCUT2D eigenvalue weighted by Gasteiger charge is 2.61. The van der Waals surface area contributed by atoms with Crippen molar-refractivity contribution >= 4 is 11.8 Å². The lowest BCUT2D eigenvalue weighted by atomic mass is 10.0. The summed E-state index contributed by atoms with van der Waals surface area (Å²) >= 11 is 0. The number of benzene rings is 1. The van der Waals surface area contributed by atoms with Gasteiger partial charge in [-0.25, -0.2) is 0 Å². The molecule has 4 rings (SSSR count). The van der Waals surface area contributed by atoms with Gasteiger partial charge in [-0.3, -0.25) is 14.6 Å². The van der Waals surface area contributed by atoms with Gasteiger partial charge in [-0.2, -0.15) is 0 Å². The average Bonchev–Trinajstić information content (AvgIpc) is 3.22. The number of aryl methyl sites for hydroxylation is 2. The highest BCUT2D eigenvalue weighted by molar-refractivity contribution is 5.95. The molecule has 1 spiro atoms. The lowest BCUT2D eigenvalue weighted by Crippen LogP contribution is -2.31. The molecule has 1 aromatic heterocycles. The molecule has 1 N–H and O–H groups in total. The first-order valence-corrected chi connectivity index (χ1v) is 9.52. The molecule has 1 aliphatic carbocycles. The van der Waals surface area contributed by atoms with Crippen LogP contribution in [0.5, 0.6) is 0 Å². The number of pyridine rings is 1. The zero-order valence-corrected chi connectivity index (χ0v) is 15.9. The minimum atomic E-state index is -0.0194. The highest BCUT2D eigenvalue weighted by atomic mass is 16.2. The number of hydrogen-bond donors (Lipinski definition) is 1. The highest BCUT2D eigenvalue weighted by Crippen LogP contribution is 2.58. The number of nitrogens with zero attached hydrogens (tertiary/aromatic N) is 2. The molecule has 5 heteroatoms. The summed E-state index contributed by atoms with van der Waals surface area (Å²) in [6, 6.07) is 9.69. The topological polar surface area (TPSA) is 62.3 Å². The monoisotopic (exact) mass is 363 g/mol. The summed E-state index contributed by atoms with van der Waals surface area (Å²) in [6.45, 7) is 6.00. The third-order valence-corrected chi connectivity index (χ3v) is 6.12. The van der Waals surface area contributed by atoms with Crippen LogP contribution in [-0.4, -0.2) is 34.8 Å². The summed E-state index contributed by atoms with van der Waals surface area (Å²) in [4.78, 5) is 31.3. The lowest BCUT2D eigenvalue weighted by Gasteiger charge is -2.17. The third kappa shape index (κ3) is 3.46. The first kappa shape index (κ1) is 17.7. The van der Waals surface area contributed by atoms with E-state index in [1.54, 1.807) is 12.4 Å². The van der Waals surface area contributed by atoms with Crippen LogP contribution in [0.25, 0.3) is 0 Å². The number of likely N-dealkylation sites (tertiary alicyclic amines) is 1. The van der Waals surface area contributed by atoms with E-state index in [4.69, 9.17) is 0 Å². The Labute approximate surface area is 159 Å². The fourth-order valence-corrected chi connectivity index (χ4v) is 4.11. The van der Waals surface area contributed by atoms with E-state index in [2.05, 4.69) is 10.3 Å². The van der Waals surface area contributed by atoms with E-state index in [0.717, 1.165) is 36.1 Å². The smallest absolute Gasteiger partial charge is 0.253 e. The predicted octanol–water partition coefficient (Wildman–Crippen LogP) is 2.87. The van der Waals surface area contributed by atoms with E-state index in [1.807, 2.05) is 49.1 Å². The minimum Gasteiger partial charge on any atom is -0.352 e. The Morgan fingerprint density at radius 1 is 1.26 bits per heavy atom. The zero-order chi connectivity index (χ0) is 19.0. The van der Waals surface area contributed by atoms with Gasteiger partial charge >= 0.3 is 0 Å². The third-order valence-electron chi connectivity index (χ3n) is 6.12. The van der Waals surface area contributed by atoms with Gasteiger partial charge in [0.1, 0.15) is 0 Å². The number of hydrogen-bond acceptors (Lipinski definition) is 3. The van der Waals surface area contributed by atoms with Crippen molar-refractivity contribution in [3.63, 3.8) is 0 Å². The molecule has 0 unspecified atom stereocenters. The molecule has 1 saturated carbocycles. The van der Waals surface area contributed by atoms with Gasteiger partial charge in [0.25, 0.3) is 5.91 Å². The van der Waals surface area contributed by atoms with Gasteiger partial charge in [0.05, 0.1) is 0 Å². The van der Waals surface area contributed by atoms with E-state index in [9.17, 15) is 9.59 Å². The van der Waals surface area contributed by atoms with Crippen molar-refractivity contribution in [2.45, 2.75) is 33.2 Å². The molecule has 0 bridgehead atoms. The molecule has 140 valence electrons. The Balaban J connectivity index is 1.35. The number of rotatable bonds is 4. The summed E-state index contributed by atoms with van der Waals surface area (Å²) in [5.74, 6) is 0.197. The molecule has 1 aliphatic heterocycles. The molecular formula is C22H25N3O2. The Kier molecular flexibility index (Phi) is 4.46. The van der Waals surface area contributed by atoms with Crippen molar-refractivity contribution in [3.05, 3.63) is 65.0 Å². The molecule has 2 fully saturated rings. The van der Waals surface area contributed by atoms with Crippen LogP contribution >= 0.6 is 0 Å². The van der Waals surface area contributed by atoms with Crippen molar-refractivity contribution in [2.24, 2.45) is 11.3 Å². The Morgan fingerprint density at radius 3 is 2.85 bits per heavy atom. The van der Waals surface area contributed by atoms with Crippen molar-refractivity contribution in [1.29, 1.82) is 0 Å². The molecule has 5 nitrogen and oxygen atoms in total. The maximum absolute atomic E-state index is 12.8. The Hall–Kier alpha value is -2.69. The van der Waals surface area contributed by atoms with Crippen LogP contribution in [0.4, 0.5) is 0 Å². The molecule has 2 aliphatic rings. The van der Waals surface area contributed by atoms with Gasteiger partial charge in [-0.15, -0.1) is 0 Å². The van der Waals surface area contributed by atoms with Crippen LogP contribution in [0.15, 0.2) is 42.7 Å². The molecule has 2 aromatic rings. The second-order valence-electron chi connectivity index (χ2n) is 7.97. The van der Waals surface area contributed by atoms with E-state index < -0.39 is 0 Å². The first-order chi connectivity index (χ1) is 13.0. The fourth-order valence-electron chi connectivity index (χ4n) is 4.11. The average molecular weight is 363 g/mol. The molecule has 2 heterocycles. The number of carbonyl (C=O) groups excluding carboxylic acids is 2. The SMILES string of the molecule is Cc1ccc(C(=O)N2CC[C@]3(C[C@H]3C(=O)NCc3cccnc3)C2)cc1C. The summed E-state index contributed by atoms with van der Waals surface area (Å²) in [5, 5.41) is 3.02. The lowest BCUT2D eigenvalue weighted by molar-refractivity contribution is -0.123. The minimum absolute atomic E-state index is 0.0194. The van der Waals surface area contributed by atoms with Gasteiger partial charge in [0.15, 0.2) is 0 Å². The van der Waals surface area contributed by atoms with Gasteiger partial charge in [0, 0.05) is 48.9 Å². The standard InChI is InChI=1S/C22H25N3O2/c1-15-5-6-18(10-16(15)2)21(27)25-9-7-22(14-25)11-19(22)20(26)24-13-17-4-3-8-23-12-17/h3-6,8,10,12,19H,7,9,11,13-14H2,1-2H3,(H,24,26)/t19-,22-/m0/s1. The van der Waals surface area contributed by atoms with Gasteiger partial charge in [-0.05, 0) is 61.6 Å². The largest absolute Gasteiger partial charge is 0.352 e. The second-order valence-corrected chi connectivity index (χ2v) is 7.97. The Morgan fingerprint density at radius 2 is 2.11 bits per heavy atom. The predicted molar refractivity (Wildman–Crippen MR) is 103 cm³/mol. The number of nitrogens with one attached hydrogen (secondary N) is 1. The van der Waals surface area contributed by atoms with Gasteiger partial charge in [0.2, 0.25) is 5.91 Å². The fraction of sp³-hybridized carbons (Fsp3) is 0.409. The Bertz CT molecular complexity index is 880. The normalized spacial score (nSPS) is 23.5. The number of carbonyl (C=O) groups is 2. The van der Waals surface area contributed by atoms with E-state index in [0.29, 0.717) is 13.1 Å². The van der Waals surface area contributed by atoms with Crippen LogP contribution < -0.4 is 5.32 Å². The van der Waals surface area contributed by atoms with Gasteiger partial charge < -0.3 is 10.2 Å². The number of amides is 2. The molecular weight excluding hydrogens is 338 g/mol. The van der Waals surface area contributed by atoms with E-state index >= 15 is 0 Å². The van der Waals surface area contributed by atoms with Crippen molar-refractivity contribution < 1.29 is 9.59 Å². The second kappa shape index (κ2) is 6.80. The van der Waals surface area contributed by atoms with E-state index in [-0.39, 0.29) is 23.1 Å². The van der Waals surface area contributed by atoms with Crippen molar-refractivity contribution in [3.8, 4) is 0 Å². The molecule has 1 saturated heterocycles. The van der Waals surface area contributed by atoms with Crippen LogP contribution in [-0.2, 0) is 11.3 Å². The molecule has 27 heavy (non-hydrogen) atoms. The first-order valence-electron chi connectivity index (χ1n) is 9.52. The van der Waals surface area contributed by atoms with Crippen molar-refractivity contribution in [1.82, 2.24) is 15.2 Å². The molecule has 1 aromatic carbocycles. The van der Waals surface area contributed by atoms with Gasteiger partial charge in [-0.1, -0.05) is 12.1 Å². The quantitative estimate of drug-likeness (QED) is 0.909. The van der Waals surface area contributed by atoms with Crippen LogP contribution in [0.3, 0.4) is 0 Å². The summed E-state index contributed by atoms with van der Waals surface area (Å²) in [5.41, 5.74) is 4.05. The van der Waals surface area contributed by atoms with Crippen molar-refractivity contribution in [2.75, 3.05) is 13.1 Å². The summed E-state index contributed by atoms with van der Waals surface area (Å²) in [6.07, 6.45) is 5.28. The maximum Gasteiger partial charge on any atom is 0.253 e. The molecule has 0 radical (unpaired) electrons. The van der Waals surface area contributed by atoms with Crippen LogP contribution in [0.2, 0.25) is 0 Å². The number of aromatic nitrogens is 1. The maximum atomic E-state index is 12.8. The summed E-state index contributed by atoms with van der Waals surface area (Å²) < 4.78 is 0. The van der Waals surface area contributed by atoms with E-state index in [1.165, 1.54) is 5.56 Å². The van der Waals surface area contributed by atoms with Crippen LogP contribution in [0, 0.1) is 25.2 Å².